The maximum absolute atomic E-state index is 12.9. The number of aromatic nitrogens is 1. The summed E-state index contributed by atoms with van der Waals surface area (Å²) in [6, 6.07) is 16.5. The number of carbonyl (C=O) groups excluding carboxylic acids is 2. The molecule has 2 saturated heterocycles. The maximum Gasteiger partial charge on any atom is 0.225 e. The molecular formula is C24H30N4O2. The smallest absolute Gasteiger partial charge is 0.225 e. The van der Waals surface area contributed by atoms with Crippen LogP contribution in [0.25, 0.3) is 0 Å². The third kappa shape index (κ3) is 5.17. The van der Waals surface area contributed by atoms with Crippen LogP contribution in [0.5, 0.6) is 0 Å². The molecule has 4 rings (SSSR count). The van der Waals surface area contributed by atoms with E-state index in [-0.39, 0.29) is 23.8 Å². The summed E-state index contributed by atoms with van der Waals surface area (Å²) >= 11 is 0. The highest BCUT2D eigenvalue weighted by Crippen LogP contribution is 2.22. The Kier molecular flexibility index (Phi) is 6.62. The van der Waals surface area contributed by atoms with Crippen LogP contribution in [0.4, 0.5) is 5.69 Å². The predicted molar refractivity (Wildman–Crippen MR) is 117 cm³/mol. The van der Waals surface area contributed by atoms with E-state index in [0.717, 1.165) is 38.0 Å². The zero-order valence-electron chi connectivity index (χ0n) is 17.4. The summed E-state index contributed by atoms with van der Waals surface area (Å²) < 4.78 is 0. The Bertz CT molecular complexity index is 835. The Labute approximate surface area is 178 Å². The fourth-order valence-electron chi connectivity index (χ4n) is 4.38. The molecular weight excluding hydrogens is 376 g/mol. The number of anilines is 1. The van der Waals surface area contributed by atoms with Crippen LogP contribution in [0.15, 0.2) is 54.7 Å². The molecule has 1 aromatic carbocycles. The molecule has 30 heavy (non-hydrogen) atoms. The summed E-state index contributed by atoms with van der Waals surface area (Å²) in [5.41, 5.74) is 2.22. The van der Waals surface area contributed by atoms with Gasteiger partial charge in [0.25, 0.3) is 0 Å². The fraction of sp³-hybridized carbons (Fsp3) is 0.458. The third-order valence-corrected chi connectivity index (χ3v) is 6.20. The topological polar surface area (TPSA) is 65.5 Å². The Hall–Kier alpha value is -2.89. The van der Waals surface area contributed by atoms with Crippen molar-refractivity contribution in [2.45, 2.75) is 38.1 Å². The normalized spacial score (nSPS) is 20.3. The number of pyridine rings is 1. The first-order valence-corrected chi connectivity index (χ1v) is 11.0. The number of nitrogens with zero attached hydrogens (tertiary/aromatic N) is 3. The number of likely N-dealkylation sites (tertiary alicyclic amines) is 1. The van der Waals surface area contributed by atoms with Gasteiger partial charge < -0.3 is 15.1 Å². The molecule has 2 aliphatic rings. The Balaban J connectivity index is 1.25. The van der Waals surface area contributed by atoms with E-state index in [1.807, 2.05) is 29.2 Å². The molecule has 2 aliphatic heterocycles. The van der Waals surface area contributed by atoms with Gasteiger partial charge in [0.1, 0.15) is 0 Å². The lowest BCUT2D eigenvalue weighted by atomic mass is 9.95. The Morgan fingerprint density at radius 1 is 1.03 bits per heavy atom. The lowest BCUT2D eigenvalue weighted by molar-refractivity contribution is -0.138. The number of piperidine rings is 2. The number of rotatable bonds is 6. The number of carbonyl (C=O) groups is 2. The minimum absolute atomic E-state index is 0.100. The molecule has 6 nitrogen and oxygen atoms in total. The highest BCUT2D eigenvalue weighted by atomic mass is 16.2. The van der Waals surface area contributed by atoms with Crippen LogP contribution in [0.2, 0.25) is 0 Å². The van der Waals surface area contributed by atoms with Gasteiger partial charge in [-0.2, -0.15) is 0 Å². The van der Waals surface area contributed by atoms with Crippen LogP contribution in [0.1, 0.15) is 31.4 Å². The van der Waals surface area contributed by atoms with Gasteiger partial charge in [-0.05, 0) is 43.5 Å². The van der Waals surface area contributed by atoms with Gasteiger partial charge in [0.05, 0.1) is 5.92 Å². The van der Waals surface area contributed by atoms with Crippen molar-refractivity contribution in [1.82, 2.24) is 15.2 Å². The zero-order valence-corrected chi connectivity index (χ0v) is 17.4. The van der Waals surface area contributed by atoms with Crippen LogP contribution in [-0.2, 0) is 16.0 Å². The van der Waals surface area contributed by atoms with Gasteiger partial charge >= 0.3 is 0 Å². The van der Waals surface area contributed by atoms with E-state index in [0.29, 0.717) is 25.9 Å². The molecule has 1 atom stereocenters. The van der Waals surface area contributed by atoms with Crippen LogP contribution in [0.3, 0.4) is 0 Å². The van der Waals surface area contributed by atoms with Gasteiger partial charge in [-0.1, -0.05) is 24.3 Å². The number of benzene rings is 1. The van der Waals surface area contributed by atoms with E-state index in [1.165, 1.54) is 5.69 Å². The molecule has 2 fully saturated rings. The predicted octanol–water partition coefficient (Wildman–Crippen LogP) is 2.65. The minimum atomic E-state index is -0.112. The molecule has 2 aromatic rings. The van der Waals surface area contributed by atoms with E-state index >= 15 is 0 Å². The standard InChI is InChI=1S/C24H30N4O2/c29-23-10-9-19(18-28(23)17-11-20-6-4-5-14-25-20)24(30)26-21-12-15-27(16-13-21)22-7-2-1-3-8-22/h1-8,14,19,21H,9-13,15-18H2,(H,26,30)/t19-/m0/s1. The van der Waals surface area contributed by atoms with Crippen molar-refractivity contribution >= 4 is 17.5 Å². The van der Waals surface area contributed by atoms with Crippen LogP contribution < -0.4 is 10.2 Å². The summed E-state index contributed by atoms with van der Waals surface area (Å²) in [5.74, 6) is 0.133. The summed E-state index contributed by atoms with van der Waals surface area (Å²) in [6.07, 6.45) is 5.50. The first kappa shape index (κ1) is 20.4. The number of para-hydroxylation sites is 1. The molecule has 158 valence electrons. The highest BCUT2D eigenvalue weighted by Gasteiger charge is 2.31. The fourth-order valence-corrected chi connectivity index (χ4v) is 4.38. The van der Waals surface area contributed by atoms with Crippen molar-refractivity contribution in [1.29, 1.82) is 0 Å². The number of hydrogen-bond acceptors (Lipinski definition) is 4. The molecule has 6 heteroatoms. The number of nitrogens with one attached hydrogen (secondary N) is 1. The minimum Gasteiger partial charge on any atom is -0.371 e. The summed E-state index contributed by atoms with van der Waals surface area (Å²) in [4.78, 5) is 33.7. The van der Waals surface area contributed by atoms with E-state index < -0.39 is 0 Å². The van der Waals surface area contributed by atoms with Crippen LogP contribution in [0, 0.1) is 5.92 Å². The molecule has 0 bridgehead atoms. The molecule has 3 heterocycles. The third-order valence-electron chi connectivity index (χ3n) is 6.20. The SMILES string of the molecule is O=C(NC1CCN(c2ccccc2)CC1)[C@H]1CCC(=O)N(CCc2ccccn2)C1. The van der Waals surface area contributed by atoms with Gasteiger partial charge in [0.2, 0.25) is 11.8 Å². The lowest BCUT2D eigenvalue weighted by Gasteiger charge is -2.36. The monoisotopic (exact) mass is 406 g/mol. The Morgan fingerprint density at radius 2 is 1.80 bits per heavy atom. The summed E-state index contributed by atoms with van der Waals surface area (Å²) in [6.45, 7) is 3.04. The Morgan fingerprint density at radius 3 is 2.53 bits per heavy atom. The molecule has 0 saturated carbocycles. The van der Waals surface area contributed by atoms with Crippen molar-refractivity contribution in [3.8, 4) is 0 Å². The van der Waals surface area contributed by atoms with E-state index in [4.69, 9.17) is 0 Å². The second-order valence-corrected chi connectivity index (χ2v) is 8.25. The molecule has 2 amide bonds. The quantitative estimate of drug-likeness (QED) is 0.801. The van der Waals surface area contributed by atoms with E-state index in [2.05, 4.69) is 39.5 Å². The average molecular weight is 407 g/mol. The van der Waals surface area contributed by atoms with Crippen molar-refractivity contribution in [2.75, 3.05) is 31.1 Å². The van der Waals surface area contributed by atoms with Gasteiger partial charge in [0, 0.05) is 62.6 Å². The van der Waals surface area contributed by atoms with Crippen molar-refractivity contribution in [3.63, 3.8) is 0 Å². The molecule has 0 spiro atoms. The van der Waals surface area contributed by atoms with Crippen molar-refractivity contribution in [3.05, 3.63) is 60.4 Å². The van der Waals surface area contributed by atoms with Gasteiger partial charge in [-0.25, -0.2) is 0 Å². The average Bonchev–Trinajstić information content (AvgIpc) is 2.80. The lowest BCUT2D eigenvalue weighted by Crippen LogP contribution is -2.50. The number of hydrogen-bond donors (Lipinski definition) is 1. The van der Waals surface area contributed by atoms with E-state index in [9.17, 15) is 9.59 Å². The van der Waals surface area contributed by atoms with Crippen molar-refractivity contribution in [2.24, 2.45) is 5.92 Å². The van der Waals surface area contributed by atoms with Crippen molar-refractivity contribution < 1.29 is 9.59 Å². The first-order chi connectivity index (χ1) is 14.7. The van der Waals surface area contributed by atoms with Gasteiger partial charge in [-0.3, -0.25) is 14.6 Å². The molecule has 0 radical (unpaired) electrons. The number of amides is 2. The molecule has 1 aromatic heterocycles. The molecule has 0 aliphatic carbocycles. The molecule has 1 N–H and O–H groups in total. The first-order valence-electron chi connectivity index (χ1n) is 11.0. The van der Waals surface area contributed by atoms with Gasteiger partial charge in [-0.15, -0.1) is 0 Å². The maximum atomic E-state index is 12.9. The summed E-state index contributed by atoms with van der Waals surface area (Å²) in [7, 11) is 0. The molecule has 0 unspecified atom stereocenters. The largest absolute Gasteiger partial charge is 0.371 e. The summed E-state index contributed by atoms with van der Waals surface area (Å²) in [5, 5.41) is 3.25. The second-order valence-electron chi connectivity index (χ2n) is 8.25. The zero-order chi connectivity index (χ0) is 20.8. The second kappa shape index (κ2) is 9.74. The van der Waals surface area contributed by atoms with Gasteiger partial charge in [0.15, 0.2) is 0 Å². The van der Waals surface area contributed by atoms with Crippen LogP contribution in [-0.4, -0.2) is 53.9 Å². The van der Waals surface area contributed by atoms with E-state index in [1.54, 1.807) is 6.20 Å². The van der Waals surface area contributed by atoms with Crippen LogP contribution >= 0.6 is 0 Å². The highest BCUT2D eigenvalue weighted by molar-refractivity contribution is 5.84.